The monoisotopic (exact) mass is 610 g/mol. The summed E-state index contributed by atoms with van der Waals surface area (Å²) in [5, 5.41) is 2.70. The molecular weight excluding hydrogens is 590 g/mol. The Kier molecular flexibility index (Phi) is 7.29. The van der Waals surface area contributed by atoms with Crippen molar-refractivity contribution in [1.29, 1.82) is 0 Å². The maximum atomic E-state index is 6.39. The third kappa shape index (κ3) is 4.93. The van der Waals surface area contributed by atoms with Crippen LogP contribution in [0.5, 0.6) is 0 Å². The van der Waals surface area contributed by atoms with Crippen LogP contribution >= 0.6 is 8.85 Å². The molecule has 0 aromatic heterocycles. The molecule has 2 aromatic carbocycles. The van der Waals surface area contributed by atoms with Crippen LogP contribution in [0.1, 0.15) is 6.42 Å². The van der Waals surface area contributed by atoms with Gasteiger partial charge in [0.15, 0.2) is 0 Å². The molecule has 3 rings (SSSR count). The molecule has 0 N–H and O–H groups in total. The molecule has 2 nitrogen and oxygen atoms in total. The van der Waals surface area contributed by atoms with Crippen molar-refractivity contribution in [3.63, 3.8) is 0 Å². The van der Waals surface area contributed by atoms with Gasteiger partial charge >= 0.3 is 164 Å². The summed E-state index contributed by atoms with van der Waals surface area (Å²) >= 11 is 7.75. The first-order valence-electron chi connectivity index (χ1n) is 7.11. The Morgan fingerprint density at radius 1 is 0.696 bits per heavy atom. The van der Waals surface area contributed by atoms with Crippen LogP contribution in [0.2, 0.25) is 0 Å². The fourth-order valence-corrected chi connectivity index (χ4v) is 68.4. The topological polar surface area (TPSA) is 18.5 Å². The summed E-state index contributed by atoms with van der Waals surface area (Å²) in [6.07, 6.45) is 0.957. The van der Waals surface area contributed by atoms with Crippen LogP contribution in [0.4, 0.5) is 0 Å². The number of rotatable bonds is 2. The van der Waals surface area contributed by atoms with Crippen LogP contribution in [-0.4, -0.2) is 68.8 Å². The molecule has 0 radical (unpaired) electrons. The van der Waals surface area contributed by atoms with E-state index in [1.54, 1.807) is 0 Å². The van der Waals surface area contributed by atoms with Gasteiger partial charge in [-0.1, -0.05) is 0 Å². The molecule has 0 saturated carbocycles. The molecule has 0 aliphatic carbocycles. The molecule has 23 heavy (non-hydrogen) atoms. The summed E-state index contributed by atoms with van der Waals surface area (Å²) in [6.45, 7) is 1.56. The van der Waals surface area contributed by atoms with Gasteiger partial charge in [-0.25, -0.2) is 0 Å². The molecule has 1 saturated heterocycles. The molecule has 122 valence electrons. The average molecular weight is 606 g/mol. The van der Waals surface area contributed by atoms with Gasteiger partial charge in [-0.05, 0) is 0 Å². The third-order valence-electron chi connectivity index (χ3n) is 3.19. The van der Waals surface area contributed by atoms with Gasteiger partial charge in [0.1, 0.15) is 0 Å². The molecular formula is C15H16O2P2Se4. The number of hydrogen-bond donors (Lipinski definition) is 0. The second-order valence-corrected chi connectivity index (χ2v) is 40.3. The van der Waals surface area contributed by atoms with Gasteiger partial charge in [0.25, 0.3) is 0 Å². The molecule has 1 aliphatic rings. The summed E-state index contributed by atoms with van der Waals surface area (Å²) in [7, 11) is 0. The zero-order valence-electron chi connectivity index (χ0n) is 12.2. The molecule has 1 heterocycles. The summed E-state index contributed by atoms with van der Waals surface area (Å²) in [5.41, 5.74) is 0. The van der Waals surface area contributed by atoms with E-state index in [2.05, 4.69) is 90.9 Å². The molecule has 2 aromatic rings. The fourth-order valence-electron chi connectivity index (χ4n) is 2.02. The van der Waals surface area contributed by atoms with E-state index in [1.165, 1.54) is 10.6 Å². The third-order valence-corrected chi connectivity index (χ3v) is 58.5. The van der Waals surface area contributed by atoms with E-state index < -0.39 is 8.85 Å². The van der Waals surface area contributed by atoms with Crippen molar-refractivity contribution in [2.45, 2.75) is 6.42 Å². The fraction of sp³-hybridized carbons (Fsp3) is 0.200. The predicted molar refractivity (Wildman–Crippen MR) is 106 cm³/mol. The van der Waals surface area contributed by atoms with Gasteiger partial charge in [0, 0.05) is 0 Å². The summed E-state index contributed by atoms with van der Waals surface area (Å²) in [4.78, 5) is 0. The van der Waals surface area contributed by atoms with E-state index >= 15 is 0 Å². The number of hydrogen-bond acceptors (Lipinski definition) is 2. The first-order chi connectivity index (χ1) is 11.1. The van der Waals surface area contributed by atoms with Crippen molar-refractivity contribution < 1.29 is 9.05 Å². The average Bonchev–Trinajstić information content (AvgIpc) is 2.68. The van der Waals surface area contributed by atoms with Crippen LogP contribution in [-0.2, 0) is 9.05 Å². The van der Waals surface area contributed by atoms with Crippen molar-refractivity contribution in [3.05, 3.63) is 60.7 Å². The minimum absolute atomic E-state index is 0.403. The Hall–Kier alpha value is 1.30. The molecule has 1 fully saturated rings. The Morgan fingerprint density at radius 2 is 1.09 bits per heavy atom. The molecule has 0 amide bonds. The second kappa shape index (κ2) is 8.79. The summed E-state index contributed by atoms with van der Waals surface area (Å²) < 4.78 is 9.53. The van der Waals surface area contributed by atoms with Crippen molar-refractivity contribution in [1.82, 2.24) is 0 Å². The van der Waals surface area contributed by atoms with Gasteiger partial charge in [-0.3, -0.25) is 0 Å². The van der Waals surface area contributed by atoms with Crippen molar-refractivity contribution in [2.24, 2.45) is 0 Å². The summed E-state index contributed by atoms with van der Waals surface area (Å²) in [6, 6.07) is 21.4. The van der Waals surface area contributed by atoms with Gasteiger partial charge in [-0.2, -0.15) is 0 Å². The second-order valence-electron chi connectivity index (χ2n) is 4.84. The molecule has 8 heteroatoms. The molecule has 1 aliphatic heterocycles. The van der Waals surface area contributed by atoms with Crippen LogP contribution in [0.3, 0.4) is 0 Å². The molecule has 2 unspecified atom stereocenters. The van der Waals surface area contributed by atoms with E-state index in [1.807, 2.05) is 0 Å². The van der Waals surface area contributed by atoms with Crippen LogP contribution in [0, 0.1) is 0 Å². The molecule has 0 spiro atoms. The van der Waals surface area contributed by atoms with Crippen molar-refractivity contribution in [2.75, 3.05) is 13.2 Å². The van der Waals surface area contributed by atoms with Gasteiger partial charge < -0.3 is 0 Å². The van der Waals surface area contributed by atoms with E-state index in [9.17, 15) is 0 Å². The van der Waals surface area contributed by atoms with E-state index in [0.29, 0.717) is 25.4 Å². The van der Waals surface area contributed by atoms with E-state index in [4.69, 9.17) is 9.05 Å². The van der Waals surface area contributed by atoms with Gasteiger partial charge in [0.05, 0.1) is 0 Å². The predicted octanol–water partition coefficient (Wildman–Crippen LogP) is 2.26. The van der Waals surface area contributed by atoms with E-state index in [-0.39, 0.29) is 0 Å². The Bertz CT molecular complexity index is 676. The van der Waals surface area contributed by atoms with Gasteiger partial charge in [-0.15, -0.1) is 0 Å². The standard InChI is InChI=1S/C15H16O2P2Se4/c20-18(14-8-3-1-4-9-14)16-12-7-13-17-19(21,23-22-18)15-10-5-2-6-11-15/h1-6,8-11H,7,12-13H2. The van der Waals surface area contributed by atoms with Crippen LogP contribution < -0.4 is 10.6 Å². The number of benzene rings is 2. The van der Waals surface area contributed by atoms with Crippen LogP contribution in [0.25, 0.3) is 0 Å². The summed E-state index contributed by atoms with van der Waals surface area (Å²) in [5.74, 6) is 0. The Balaban J connectivity index is 1.91. The molecule has 2 atom stereocenters. The zero-order valence-corrected chi connectivity index (χ0v) is 20.9. The van der Waals surface area contributed by atoms with E-state index in [0.717, 1.165) is 19.6 Å². The zero-order chi connectivity index (χ0) is 16.2. The minimum atomic E-state index is -1.62. The maximum absolute atomic E-state index is 6.39. The normalized spacial score (nSPS) is 29.2. The molecule has 0 bridgehead atoms. The van der Waals surface area contributed by atoms with Crippen LogP contribution in [0.15, 0.2) is 60.7 Å². The quantitative estimate of drug-likeness (QED) is 0.387. The first kappa shape index (κ1) is 19.1. The van der Waals surface area contributed by atoms with Crippen molar-refractivity contribution >= 4 is 75.0 Å². The van der Waals surface area contributed by atoms with Gasteiger partial charge in [0.2, 0.25) is 0 Å². The first-order valence-corrected chi connectivity index (χ1v) is 23.7. The Morgan fingerprint density at radius 3 is 1.48 bits per heavy atom. The van der Waals surface area contributed by atoms with Crippen molar-refractivity contribution in [3.8, 4) is 0 Å². The SMILES string of the molecule is [Se]=P1(c2ccccc2)OCCCOP(=[Se])(c2ccccc2)[Se][Se]1. The Labute approximate surface area is 163 Å².